The first-order valence-corrected chi connectivity index (χ1v) is 15.7. The third kappa shape index (κ3) is 9.20. The number of hydrogen-bond acceptors (Lipinski definition) is 5. The first-order chi connectivity index (χ1) is 19.8. The fourth-order valence-electron chi connectivity index (χ4n) is 6.11. The molecular formula is C35H48Cl2N4O. The Kier molecular flexibility index (Phi) is 14.6. The molecule has 0 unspecified atom stereocenters. The lowest BCUT2D eigenvalue weighted by atomic mass is 9.92. The smallest absolute Gasteiger partial charge is 0.146 e. The Morgan fingerprint density at radius 2 is 1.40 bits per heavy atom. The summed E-state index contributed by atoms with van der Waals surface area (Å²) in [5.74, 6) is 0.308. The minimum Gasteiger partial charge on any atom is -0.505 e. The van der Waals surface area contributed by atoms with Gasteiger partial charge in [0, 0.05) is 47.0 Å². The summed E-state index contributed by atoms with van der Waals surface area (Å²) in [5, 5.41) is 20.0. The van der Waals surface area contributed by atoms with Crippen molar-refractivity contribution < 1.29 is 5.11 Å². The molecule has 1 aliphatic rings. The highest BCUT2D eigenvalue weighted by Gasteiger charge is 2.17. The third-order valence-electron chi connectivity index (χ3n) is 8.40. The van der Waals surface area contributed by atoms with Gasteiger partial charge in [-0.05, 0) is 62.8 Å². The molecule has 3 N–H and O–H groups in total. The second-order valence-electron chi connectivity index (χ2n) is 11.4. The van der Waals surface area contributed by atoms with Gasteiger partial charge in [0.2, 0.25) is 0 Å². The Labute approximate surface area is 264 Å². The molecule has 5 rings (SSSR count). The SMILES string of the molecule is Cl.Cl.Oc1c(CNCCCCCCCCCCCCNc2c3c(nc4ccccc24)CCCC3)ccc2cccnc12. The summed E-state index contributed by atoms with van der Waals surface area (Å²) in [6.45, 7) is 2.74. The van der Waals surface area contributed by atoms with E-state index in [4.69, 9.17) is 4.98 Å². The normalized spacial score (nSPS) is 12.5. The highest BCUT2D eigenvalue weighted by molar-refractivity contribution is 5.93. The van der Waals surface area contributed by atoms with Gasteiger partial charge in [-0.2, -0.15) is 0 Å². The molecule has 2 aromatic carbocycles. The molecule has 0 fully saturated rings. The van der Waals surface area contributed by atoms with Crippen molar-refractivity contribution in [3.63, 3.8) is 0 Å². The number of aryl methyl sites for hydroxylation is 1. The summed E-state index contributed by atoms with van der Waals surface area (Å²) in [5.41, 5.74) is 6.91. The van der Waals surface area contributed by atoms with Crippen molar-refractivity contribution in [3.8, 4) is 5.75 Å². The summed E-state index contributed by atoms with van der Waals surface area (Å²) >= 11 is 0. The summed E-state index contributed by atoms with van der Waals surface area (Å²) < 4.78 is 0. The molecule has 7 heteroatoms. The van der Waals surface area contributed by atoms with Crippen molar-refractivity contribution in [2.24, 2.45) is 0 Å². The third-order valence-corrected chi connectivity index (χ3v) is 8.40. The number of aromatic hydroxyl groups is 1. The van der Waals surface area contributed by atoms with Crippen molar-refractivity contribution in [3.05, 3.63) is 71.5 Å². The van der Waals surface area contributed by atoms with Crippen LogP contribution in [0.1, 0.15) is 93.9 Å². The maximum atomic E-state index is 10.5. The zero-order valence-corrected chi connectivity index (χ0v) is 26.5. The lowest BCUT2D eigenvalue weighted by Gasteiger charge is -2.21. The number of benzene rings is 2. The molecule has 228 valence electrons. The number of halogens is 2. The lowest BCUT2D eigenvalue weighted by Crippen LogP contribution is -2.14. The van der Waals surface area contributed by atoms with E-state index in [1.165, 1.54) is 106 Å². The van der Waals surface area contributed by atoms with E-state index in [9.17, 15) is 5.11 Å². The standard InChI is InChI=1S/C35H46N4O.2ClH/c40-35-28(22-21-27-16-15-25-37-33(27)35)26-36-23-13-7-5-3-1-2-4-6-8-14-24-38-34-29-17-9-11-19-31(29)39-32-20-12-10-18-30(32)34;;/h9,11,15-17,19,21-22,25,36,40H,1-8,10,12-14,18,20,23-24,26H2,(H,38,39);2*1H. The van der Waals surface area contributed by atoms with Gasteiger partial charge in [0.1, 0.15) is 11.3 Å². The first kappa shape index (κ1) is 33.9. The van der Waals surface area contributed by atoms with Crippen LogP contribution in [0.25, 0.3) is 21.8 Å². The molecule has 42 heavy (non-hydrogen) atoms. The average Bonchev–Trinajstić information content (AvgIpc) is 2.99. The van der Waals surface area contributed by atoms with Crippen molar-refractivity contribution >= 4 is 52.3 Å². The number of fused-ring (bicyclic) bond motifs is 3. The van der Waals surface area contributed by atoms with Crippen LogP contribution in [0, 0.1) is 0 Å². The quantitative estimate of drug-likeness (QED) is 0.110. The summed E-state index contributed by atoms with van der Waals surface area (Å²) in [6, 6.07) is 16.5. The zero-order valence-electron chi connectivity index (χ0n) is 24.9. The van der Waals surface area contributed by atoms with Gasteiger partial charge in [0.05, 0.1) is 5.52 Å². The number of nitrogens with one attached hydrogen (secondary N) is 2. The van der Waals surface area contributed by atoms with Crippen LogP contribution in [0.3, 0.4) is 0 Å². The van der Waals surface area contributed by atoms with E-state index >= 15 is 0 Å². The van der Waals surface area contributed by atoms with Crippen LogP contribution in [-0.2, 0) is 19.4 Å². The fraction of sp³-hybridized carbons (Fsp3) is 0.486. The number of rotatable bonds is 16. The van der Waals surface area contributed by atoms with Gasteiger partial charge >= 0.3 is 0 Å². The fourth-order valence-corrected chi connectivity index (χ4v) is 6.11. The Balaban J connectivity index is 0.00000242. The van der Waals surface area contributed by atoms with E-state index in [2.05, 4.69) is 39.9 Å². The Morgan fingerprint density at radius 3 is 2.19 bits per heavy atom. The van der Waals surface area contributed by atoms with Crippen LogP contribution < -0.4 is 10.6 Å². The molecule has 0 atom stereocenters. The average molecular weight is 612 g/mol. The number of phenolic OH excluding ortho intramolecular Hbond substituents is 1. The van der Waals surface area contributed by atoms with Gasteiger partial charge in [-0.1, -0.05) is 87.8 Å². The summed E-state index contributed by atoms with van der Waals surface area (Å²) in [4.78, 5) is 9.27. The largest absolute Gasteiger partial charge is 0.505 e. The molecule has 0 saturated carbocycles. The van der Waals surface area contributed by atoms with E-state index in [1.54, 1.807) is 6.20 Å². The van der Waals surface area contributed by atoms with Gasteiger partial charge in [0.25, 0.3) is 0 Å². The predicted octanol–water partition coefficient (Wildman–Crippen LogP) is 9.31. The summed E-state index contributed by atoms with van der Waals surface area (Å²) in [6.07, 6.45) is 19.7. The van der Waals surface area contributed by atoms with Crippen LogP contribution in [0.5, 0.6) is 5.75 Å². The highest BCUT2D eigenvalue weighted by Crippen LogP contribution is 2.33. The number of unbranched alkanes of at least 4 members (excludes halogenated alkanes) is 9. The number of anilines is 1. The Morgan fingerprint density at radius 1 is 0.714 bits per heavy atom. The number of nitrogens with zero attached hydrogens (tertiary/aromatic N) is 2. The molecule has 0 radical (unpaired) electrons. The van der Waals surface area contributed by atoms with Crippen LogP contribution in [0.4, 0.5) is 5.69 Å². The topological polar surface area (TPSA) is 70.1 Å². The second kappa shape index (κ2) is 18.1. The molecule has 0 spiro atoms. The maximum Gasteiger partial charge on any atom is 0.146 e. The first-order valence-electron chi connectivity index (χ1n) is 15.7. The molecule has 4 aromatic rings. The highest BCUT2D eigenvalue weighted by atomic mass is 35.5. The Bertz CT molecular complexity index is 1380. The number of aromatic nitrogens is 2. The minimum atomic E-state index is 0. The van der Waals surface area contributed by atoms with Crippen molar-refractivity contribution in [2.75, 3.05) is 18.4 Å². The molecular weight excluding hydrogens is 563 g/mol. The zero-order chi connectivity index (χ0) is 27.4. The van der Waals surface area contributed by atoms with Crippen molar-refractivity contribution in [2.45, 2.75) is 96.4 Å². The summed E-state index contributed by atoms with van der Waals surface area (Å²) in [7, 11) is 0. The molecule has 0 saturated heterocycles. The molecule has 2 aromatic heterocycles. The van der Waals surface area contributed by atoms with Crippen molar-refractivity contribution in [1.29, 1.82) is 0 Å². The van der Waals surface area contributed by atoms with E-state index < -0.39 is 0 Å². The maximum absolute atomic E-state index is 10.5. The second-order valence-corrected chi connectivity index (χ2v) is 11.4. The van der Waals surface area contributed by atoms with Crippen LogP contribution >= 0.6 is 24.8 Å². The van der Waals surface area contributed by atoms with E-state index in [0.29, 0.717) is 17.8 Å². The van der Waals surface area contributed by atoms with Gasteiger partial charge in [-0.3, -0.25) is 9.97 Å². The van der Waals surface area contributed by atoms with E-state index in [-0.39, 0.29) is 24.8 Å². The van der Waals surface area contributed by atoms with Gasteiger partial charge in [-0.15, -0.1) is 24.8 Å². The van der Waals surface area contributed by atoms with Crippen molar-refractivity contribution in [1.82, 2.24) is 15.3 Å². The van der Waals surface area contributed by atoms with Gasteiger partial charge in [0.15, 0.2) is 0 Å². The molecule has 5 nitrogen and oxygen atoms in total. The lowest BCUT2D eigenvalue weighted by molar-refractivity contribution is 0.468. The van der Waals surface area contributed by atoms with Crippen LogP contribution in [-0.4, -0.2) is 28.2 Å². The molecule has 0 amide bonds. The predicted molar refractivity (Wildman–Crippen MR) is 183 cm³/mol. The van der Waals surface area contributed by atoms with Crippen LogP contribution in [0.2, 0.25) is 0 Å². The molecule has 1 aliphatic carbocycles. The Hall–Kier alpha value is -2.60. The van der Waals surface area contributed by atoms with Crippen LogP contribution in [0.15, 0.2) is 54.7 Å². The minimum absolute atomic E-state index is 0. The monoisotopic (exact) mass is 610 g/mol. The van der Waals surface area contributed by atoms with E-state index in [0.717, 1.165) is 36.0 Å². The van der Waals surface area contributed by atoms with Gasteiger partial charge in [-0.25, -0.2) is 0 Å². The number of hydrogen-bond donors (Lipinski definition) is 3. The number of para-hydroxylation sites is 1. The van der Waals surface area contributed by atoms with E-state index in [1.807, 2.05) is 24.3 Å². The number of pyridine rings is 2. The molecule has 2 heterocycles. The molecule has 0 aliphatic heterocycles. The number of phenols is 1. The molecule has 0 bridgehead atoms. The van der Waals surface area contributed by atoms with Gasteiger partial charge < -0.3 is 15.7 Å².